The predicted molar refractivity (Wildman–Crippen MR) is 67.9 cm³/mol. The molecule has 0 heterocycles. The minimum atomic E-state index is 0.171. The molecule has 0 spiro atoms. The van der Waals surface area contributed by atoms with Crippen LogP contribution in [0.1, 0.15) is 31.2 Å². The van der Waals surface area contributed by atoms with Gasteiger partial charge in [-0.3, -0.25) is 4.79 Å². The van der Waals surface area contributed by atoms with Gasteiger partial charge in [-0.05, 0) is 17.9 Å². The molecule has 0 atom stereocenters. The lowest BCUT2D eigenvalue weighted by atomic mass is 9.83. The fourth-order valence-electron chi connectivity index (χ4n) is 2.09. The van der Waals surface area contributed by atoms with Crippen molar-refractivity contribution in [2.24, 2.45) is 5.92 Å². The molecular weight excluding hydrogens is 212 g/mol. The molecule has 1 aromatic rings. The average molecular weight is 232 g/mol. The molecule has 2 nitrogen and oxygen atoms in total. The lowest BCUT2D eigenvalue weighted by Gasteiger charge is -2.24. The molecule has 2 heteroatoms. The molecule has 1 fully saturated rings. The molecule has 0 aliphatic heterocycles. The maximum Gasteiger partial charge on any atom is 0.162 e. The number of Topliss-reactive ketones (excluding diaryl/α,β-unsaturated/α-hetero) is 1. The maximum absolute atomic E-state index is 11.6. The number of hydrogen-bond donors (Lipinski definition) is 0. The number of benzene rings is 1. The number of carbonyl (C=O) groups is 1. The fourth-order valence-corrected chi connectivity index (χ4v) is 2.09. The molecule has 0 saturated heterocycles. The molecule has 1 aliphatic rings. The van der Waals surface area contributed by atoms with Gasteiger partial charge in [0.15, 0.2) is 5.78 Å². The number of ketones is 1. The Morgan fingerprint density at radius 1 is 1.24 bits per heavy atom. The highest BCUT2D eigenvalue weighted by molar-refractivity contribution is 5.81. The summed E-state index contributed by atoms with van der Waals surface area (Å²) < 4.78 is 5.42. The van der Waals surface area contributed by atoms with Crippen LogP contribution in [0.4, 0.5) is 0 Å². The molecule has 0 unspecified atom stereocenters. The standard InChI is InChI=1S/C15H20O2/c16-15(11-14-5-2-1-3-6-14)12-17-10-9-13-7-4-8-13/h1-3,5-6,13H,4,7-12H2. The minimum Gasteiger partial charge on any atom is -0.374 e. The summed E-state index contributed by atoms with van der Waals surface area (Å²) in [5.74, 6) is 1.03. The summed E-state index contributed by atoms with van der Waals surface area (Å²) in [5, 5.41) is 0. The Bertz CT molecular complexity index is 341. The van der Waals surface area contributed by atoms with Crippen molar-refractivity contribution in [3.63, 3.8) is 0 Å². The van der Waals surface area contributed by atoms with Crippen LogP contribution < -0.4 is 0 Å². The third kappa shape index (κ3) is 4.31. The second-order valence-electron chi connectivity index (χ2n) is 4.84. The van der Waals surface area contributed by atoms with Crippen LogP contribution in [0.15, 0.2) is 30.3 Å². The van der Waals surface area contributed by atoms with Crippen LogP contribution in [0.2, 0.25) is 0 Å². The number of hydrogen-bond acceptors (Lipinski definition) is 2. The van der Waals surface area contributed by atoms with Crippen molar-refractivity contribution >= 4 is 5.78 Å². The largest absolute Gasteiger partial charge is 0.374 e. The number of ether oxygens (including phenoxy) is 1. The Kier molecular flexibility index (Phi) is 4.75. The van der Waals surface area contributed by atoms with Crippen molar-refractivity contribution in [3.05, 3.63) is 35.9 Å². The summed E-state index contributed by atoms with van der Waals surface area (Å²) in [4.78, 5) is 11.6. The van der Waals surface area contributed by atoms with Crippen LogP contribution in [0.3, 0.4) is 0 Å². The van der Waals surface area contributed by atoms with Crippen molar-refractivity contribution in [3.8, 4) is 0 Å². The first-order chi connectivity index (χ1) is 8.34. The van der Waals surface area contributed by atoms with Gasteiger partial charge in [0.2, 0.25) is 0 Å². The van der Waals surface area contributed by atoms with Gasteiger partial charge in [0.1, 0.15) is 6.61 Å². The lowest BCUT2D eigenvalue weighted by Crippen LogP contribution is -2.16. The Balaban J connectivity index is 1.57. The Hall–Kier alpha value is -1.15. The SMILES string of the molecule is O=C(COCCC1CCC1)Cc1ccccc1. The van der Waals surface area contributed by atoms with Crippen LogP contribution in [-0.2, 0) is 16.0 Å². The van der Waals surface area contributed by atoms with E-state index in [9.17, 15) is 4.79 Å². The van der Waals surface area contributed by atoms with Gasteiger partial charge in [0.05, 0.1) is 0 Å². The summed E-state index contributed by atoms with van der Waals surface area (Å²) in [5.41, 5.74) is 1.07. The van der Waals surface area contributed by atoms with Crippen LogP contribution in [0.25, 0.3) is 0 Å². The molecule has 92 valence electrons. The van der Waals surface area contributed by atoms with Gasteiger partial charge < -0.3 is 4.74 Å². The third-order valence-electron chi connectivity index (χ3n) is 3.40. The van der Waals surface area contributed by atoms with Crippen LogP contribution in [0.5, 0.6) is 0 Å². The van der Waals surface area contributed by atoms with E-state index in [0.717, 1.165) is 24.5 Å². The fraction of sp³-hybridized carbons (Fsp3) is 0.533. The topological polar surface area (TPSA) is 26.3 Å². The molecule has 17 heavy (non-hydrogen) atoms. The molecule has 0 aromatic heterocycles. The molecule has 2 rings (SSSR count). The highest BCUT2D eigenvalue weighted by Gasteiger charge is 2.16. The molecule has 0 amide bonds. The van der Waals surface area contributed by atoms with E-state index in [4.69, 9.17) is 4.74 Å². The Morgan fingerprint density at radius 3 is 2.65 bits per heavy atom. The molecule has 1 aliphatic carbocycles. The van der Waals surface area contributed by atoms with Gasteiger partial charge in [-0.25, -0.2) is 0 Å². The van der Waals surface area contributed by atoms with Crippen molar-refractivity contribution in [1.29, 1.82) is 0 Å². The van der Waals surface area contributed by atoms with Crippen molar-refractivity contribution in [2.45, 2.75) is 32.1 Å². The number of rotatable bonds is 7. The van der Waals surface area contributed by atoms with Crippen LogP contribution in [-0.4, -0.2) is 19.0 Å². The van der Waals surface area contributed by atoms with Gasteiger partial charge in [0, 0.05) is 13.0 Å². The molecular formula is C15H20O2. The Labute approximate surface area is 103 Å². The highest BCUT2D eigenvalue weighted by Crippen LogP contribution is 2.29. The lowest BCUT2D eigenvalue weighted by molar-refractivity contribution is -0.123. The number of carbonyl (C=O) groups excluding carboxylic acids is 1. The quantitative estimate of drug-likeness (QED) is 0.675. The second-order valence-corrected chi connectivity index (χ2v) is 4.84. The minimum absolute atomic E-state index is 0.171. The summed E-state index contributed by atoms with van der Waals surface area (Å²) in [7, 11) is 0. The smallest absolute Gasteiger partial charge is 0.162 e. The van der Waals surface area contributed by atoms with E-state index >= 15 is 0 Å². The summed E-state index contributed by atoms with van der Waals surface area (Å²) in [6, 6.07) is 9.84. The zero-order valence-electron chi connectivity index (χ0n) is 10.2. The zero-order chi connectivity index (χ0) is 11.9. The molecule has 1 aromatic carbocycles. The molecule has 0 radical (unpaired) electrons. The zero-order valence-corrected chi connectivity index (χ0v) is 10.2. The van der Waals surface area contributed by atoms with Gasteiger partial charge in [0.25, 0.3) is 0 Å². The average Bonchev–Trinajstić information content (AvgIpc) is 2.27. The normalized spacial score (nSPS) is 15.5. The van der Waals surface area contributed by atoms with E-state index < -0.39 is 0 Å². The van der Waals surface area contributed by atoms with E-state index in [1.54, 1.807) is 0 Å². The first-order valence-electron chi connectivity index (χ1n) is 6.48. The van der Waals surface area contributed by atoms with E-state index in [1.807, 2.05) is 30.3 Å². The summed E-state index contributed by atoms with van der Waals surface area (Å²) in [6.45, 7) is 1.01. The van der Waals surface area contributed by atoms with Crippen molar-refractivity contribution < 1.29 is 9.53 Å². The van der Waals surface area contributed by atoms with Gasteiger partial charge in [-0.1, -0.05) is 49.6 Å². The molecule has 0 N–H and O–H groups in total. The summed E-state index contributed by atoms with van der Waals surface area (Å²) in [6.07, 6.45) is 5.68. The molecule has 1 saturated carbocycles. The second kappa shape index (κ2) is 6.55. The van der Waals surface area contributed by atoms with E-state index in [0.29, 0.717) is 6.42 Å². The first-order valence-corrected chi connectivity index (χ1v) is 6.48. The van der Waals surface area contributed by atoms with Gasteiger partial charge >= 0.3 is 0 Å². The third-order valence-corrected chi connectivity index (χ3v) is 3.40. The van der Waals surface area contributed by atoms with Gasteiger partial charge in [-0.15, -0.1) is 0 Å². The van der Waals surface area contributed by atoms with E-state index in [2.05, 4.69) is 0 Å². The van der Waals surface area contributed by atoms with E-state index in [1.165, 1.54) is 19.3 Å². The van der Waals surface area contributed by atoms with Gasteiger partial charge in [-0.2, -0.15) is 0 Å². The van der Waals surface area contributed by atoms with Crippen LogP contribution in [0, 0.1) is 5.92 Å². The predicted octanol–water partition coefficient (Wildman–Crippen LogP) is 3.01. The van der Waals surface area contributed by atoms with Crippen molar-refractivity contribution in [1.82, 2.24) is 0 Å². The maximum atomic E-state index is 11.6. The first kappa shape index (κ1) is 12.3. The Morgan fingerprint density at radius 2 is 2.00 bits per heavy atom. The van der Waals surface area contributed by atoms with E-state index in [-0.39, 0.29) is 12.4 Å². The van der Waals surface area contributed by atoms with Crippen molar-refractivity contribution in [2.75, 3.05) is 13.2 Å². The monoisotopic (exact) mass is 232 g/mol. The highest BCUT2D eigenvalue weighted by atomic mass is 16.5. The molecule has 0 bridgehead atoms. The summed E-state index contributed by atoms with van der Waals surface area (Å²) >= 11 is 0. The van der Waals surface area contributed by atoms with Crippen LogP contribution >= 0.6 is 0 Å².